The molecule has 108 valence electrons. The van der Waals surface area contributed by atoms with Crippen molar-refractivity contribution < 1.29 is 13.6 Å². The average molecular weight is 299 g/mol. The second-order valence-corrected chi connectivity index (χ2v) is 6.23. The van der Waals surface area contributed by atoms with Gasteiger partial charge in [-0.15, -0.1) is 11.8 Å². The molecule has 0 radical (unpaired) electrons. The van der Waals surface area contributed by atoms with E-state index in [9.17, 15) is 13.6 Å². The van der Waals surface area contributed by atoms with E-state index in [1.807, 2.05) is 6.92 Å². The number of rotatable bonds is 1. The second-order valence-electron chi connectivity index (χ2n) is 5.10. The van der Waals surface area contributed by atoms with Crippen molar-refractivity contribution in [3.8, 4) is 0 Å². The number of thioether (sulfide) groups is 1. The summed E-state index contributed by atoms with van der Waals surface area (Å²) < 4.78 is 27.5. The highest BCUT2D eigenvalue weighted by Gasteiger charge is 2.43. The van der Waals surface area contributed by atoms with Gasteiger partial charge in [-0.3, -0.25) is 10.2 Å². The van der Waals surface area contributed by atoms with Crippen molar-refractivity contribution in [2.75, 3.05) is 5.75 Å². The number of fused-ring (bicyclic) bond motifs is 1. The van der Waals surface area contributed by atoms with E-state index in [4.69, 9.17) is 0 Å². The molecule has 2 fully saturated rings. The first-order chi connectivity index (χ1) is 9.56. The summed E-state index contributed by atoms with van der Waals surface area (Å²) in [6, 6.07) is 3.51. The molecule has 2 heterocycles. The molecule has 2 aliphatic heterocycles. The first-order valence-electron chi connectivity index (χ1n) is 6.43. The number of hydrazine groups is 1. The minimum absolute atomic E-state index is 0.0403. The van der Waals surface area contributed by atoms with Crippen LogP contribution in [0.25, 0.3) is 0 Å². The van der Waals surface area contributed by atoms with Gasteiger partial charge in [0.15, 0.2) is 0 Å². The fourth-order valence-corrected chi connectivity index (χ4v) is 4.18. The van der Waals surface area contributed by atoms with Gasteiger partial charge >= 0.3 is 0 Å². The van der Waals surface area contributed by atoms with Crippen LogP contribution in [0.2, 0.25) is 0 Å². The molecule has 2 saturated heterocycles. The highest BCUT2D eigenvalue weighted by Crippen LogP contribution is 2.42. The number of carbonyl (C=O) groups excluding carboxylic acids is 1. The number of benzene rings is 1. The van der Waals surface area contributed by atoms with Gasteiger partial charge in [0, 0.05) is 22.8 Å². The average Bonchev–Trinajstić information content (AvgIpc) is 2.67. The van der Waals surface area contributed by atoms with Crippen molar-refractivity contribution in [2.45, 2.75) is 24.4 Å². The van der Waals surface area contributed by atoms with Gasteiger partial charge in [0.05, 0.1) is 11.9 Å². The standard InChI is InChI=1S/C13H15F2N3OS/c1-6-11-12(8-4-7(14)2-3-9(8)15)20-5-10(19)16-13(11)18-17-6/h2-4,6,11-13,17-18H,5H2,1H3,(H,16,19). The number of hydrogen-bond acceptors (Lipinski definition) is 4. The Bertz CT molecular complexity index is 542. The first-order valence-corrected chi connectivity index (χ1v) is 7.48. The Morgan fingerprint density at radius 3 is 2.90 bits per heavy atom. The van der Waals surface area contributed by atoms with E-state index in [0.717, 1.165) is 12.1 Å². The zero-order chi connectivity index (χ0) is 14.3. The van der Waals surface area contributed by atoms with Crippen LogP contribution in [0.5, 0.6) is 0 Å². The Morgan fingerprint density at radius 2 is 2.10 bits per heavy atom. The number of hydrogen-bond donors (Lipinski definition) is 3. The van der Waals surface area contributed by atoms with Gasteiger partial charge in [0.25, 0.3) is 0 Å². The Morgan fingerprint density at radius 1 is 1.30 bits per heavy atom. The molecular weight excluding hydrogens is 284 g/mol. The quantitative estimate of drug-likeness (QED) is 0.732. The van der Waals surface area contributed by atoms with Crippen molar-refractivity contribution in [3.05, 3.63) is 35.4 Å². The van der Waals surface area contributed by atoms with Crippen molar-refractivity contribution >= 4 is 17.7 Å². The van der Waals surface area contributed by atoms with Crippen LogP contribution in [0.1, 0.15) is 17.7 Å². The Kier molecular flexibility index (Phi) is 3.66. The van der Waals surface area contributed by atoms with E-state index in [1.54, 1.807) is 0 Å². The molecule has 4 nitrogen and oxygen atoms in total. The summed E-state index contributed by atoms with van der Waals surface area (Å²) in [6.45, 7) is 1.96. The summed E-state index contributed by atoms with van der Waals surface area (Å²) >= 11 is 1.35. The fraction of sp³-hybridized carbons (Fsp3) is 0.462. The van der Waals surface area contributed by atoms with Gasteiger partial charge in [-0.05, 0) is 25.1 Å². The van der Waals surface area contributed by atoms with Gasteiger partial charge < -0.3 is 5.32 Å². The van der Waals surface area contributed by atoms with Crippen LogP contribution in [0.3, 0.4) is 0 Å². The van der Waals surface area contributed by atoms with Crippen molar-refractivity contribution in [3.63, 3.8) is 0 Å². The third kappa shape index (κ3) is 2.41. The van der Waals surface area contributed by atoms with Gasteiger partial charge in [0.1, 0.15) is 11.6 Å². The Balaban J connectivity index is 2.01. The molecule has 2 aliphatic rings. The highest BCUT2D eigenvalue weighted by atomic mass is 32.2. The number of nitrogens with one attached hydrogen (secondary N) is 3. The van der Waals surface area contributed by atoms with Crippen LogP contribution in [0, 0.1) is 17.6 Å². The third-order valence-electron chi connectivity index (χ3n) is 3.75. The predicted octanol–water partition coefficient (Wildman–Crippen LogP) is 1.31. The normalized spacial score (nSPS) is 33.5. The van der Waals surface area contributed by atoms with Crippen LogP contribution in [0.4, 0.5) is 8.78 Å². The van der Waals surface area contributed by atoms with E-state index in [-0.39, 0.29) is 35.0 Å². The molecule has 3 N–H and O–H groups in total. The Hall–Kier alpha value is -1.18. The summed E-state index contributed by atoms with van der Waals surface area (Å²) in [6.07, 6.45) is -0.278. The number of halogens is 2. The molecule has 4 unspecified atom stereocenters. The smallest absolute Gasteiger partial charge is 0.231 e. The Labute approximate surface area is 119 Å². The van der Waals surface area contributed by atoms with Crippen LogP contribution < -0.4 is 16.2 Å². The molecule has 20 heavy (non-hydrogen) atoms. The SMILES string of the molecule is CC1NNC2NC(=O)CSC(c3cc(F)ccc3F)C12. The summed E-state index contributed by atoms with van der Waals surface area (Å²) in [7, 11) is 0. The van der Waals surface area contributed by atoms with E-state index in [2.05, 4.69) is 16.2 Å². The number of carbonyl (C=O) groups is 1. The lowest BCUT2D eigenvalue weighted by Gasteiger charge is -2.27. The van der Waals surface area contributed by atoms with Gasteiger partial charge in [-0.25, -0.2) is 14.2 Å². The minimum Gasteiger partial charge on any atom is -0.338 e. The third-order valence-corrected chi connectivity index (χ3v) is 5.11. The summed E-state index contributed by atoms with van der Waals surface area (Å²) in [5.74, 6) is -0.817. The van der Waals surface area contributed by atoms with E-state index in [1.165, 1.54) is 17.8 Å². The van der Waals surface area contributed by atoms with Crippen molar-refractivity contribution in [2.24, 2.45) is 5.92 Å². The second kappa shape index (κ2) is 5.31. The molecule has 0 aliphatic carbocycles. The molecule has 0 spiro atoms. The van der Waals surface area contributed by atoms with Crippen LogP contribution in [-0.4, -0.2) is 23.9 Å². The molecule has 4 atom stereocenters. The molecule has 0 aromatic heterocycles. The maximum absolute atomic E-state index is 14.0. The molecule has 3 rings (SSSR count). The number of amides is 1. The van der Waals surface area contributed by atoms with E-state index >= 15 is 0 Å². The molecular formula is C13H15F2N3OS. The lowest BCUT2D eigenvalue weighted by molar-refractivity contribution is -0.119. The van der Waals surface area contributed by atoms with Gasteiger partial charge in [-0.2, -0.15) is 0 Å². The minimum atomic E-state index is -0.464. The zero-order valence-electron chi connectivity index (χ0n) is 10.8. The summed E-state index contributed by atoms with van der Waals surface area (Å²) in [5.41, 5.74) is 6.37. The van der Waals surface area contributed by atoms with E-state index in [0.29, 0.717) is 5.56 Å². The first kappa shape index (κ1) is 13.8. The van der Waals surface area contributed by atoms with Gasteiger partial charge in [-0.1, -0.05) is 0 Å². The van der Waals surface area contributed by atoms with Crippen molar-refractivity contribution in [1.82, 2.24) is 16.2 Å². The maximum Gasteiger partial charge on any atom is 0.231 e. The molecule has 1 aromatic carbocycles. The highest BCUT2D eigenvalue weighted by molar-refractivity contribution is 8.00. The fourth-order valence-electron chi connectivity index (χ4n) is 2.79. The maximum atomic E-state index is 14.0. The predicted molar refractivity (Wildman–Crippen MR) is 72.7 cm³/mol. The largest absolute Gasteiger partial charge is 0.338 e. The molecule has 1 aromatic rings. The molecule has 0 bridgehead atoms. The summed E-state index contributed by atoms with van der Waals surface area (Å²) in [5, 5.41) is 2.57. The van der Waals surface area contributed by atoms with Gasteiger partial charge in [0.2, 0.25) is 5.91 Å². The zero-order valence-corrected chi connectivity index (χ0v) is 11.6. The van der Waals surface area contributed by atoms with Crippen molar-refractivity contribution in [1.29, 1.82) is 0 Å². The molecule has 7 heteroatoms. The van der Waals surface area contributed by atoms with E-state index < -0.39 is 11.6 Å². The topological polar surface area (TPSA) is 53.2 Å². The lowest BCUT2D eigenvalue weighted by Crippen LogP contribution is -2.46. The lowest BCUT2D eigenvalue weighted by atomic mass is 9.91. The molecule has 0 saturated carbocycles. The molecule has 1 amide bonds. The summed E-state index contributed by atoms with van der Waals surface area (Å²) in [4.78, 5) is 11.7. The van der Waals surface area contributed by atoms with Crippen LogP contribution in [-0.2, 0) is 4.79 Å². The van der Waals surface area contributed by atoms with Crippen LogP contribution >= 0.6 is 11.8 Å². The monoisotopic (exact) mass is 299 g/mol. The van der Waals surface area contributed by atoms with Crippen LogP contribution in [0.15, 0.2) is 18.2 Å².